The van der Waals surface area contributed by atoms with Crippen LogP contribution in [0, 0.1) is 0 Å². The van der Waals surface area contributed by atoms with Gasteiger partial charge in [0.05, 0.1) is 12.6 Å². The van der Waals surface area contributed by atoms with E-state index in [4.69, 9.17) is 4.74 Å². The van der Waals surface area contributed by atoms with Crippen LogP contribution in [-0.4, -0.2) is 61.1 Å². The van der Waals surface area contributed by atoms with Gasteiger partial charge in [0.15, 0.2) is 0 Å². The largest absolute Gasteiger partial charge is 0.491 e. The Hall–Kier alpha value is -1.59. The van der Waals surface area contributed by atoms with Crippen LogP contribution in [0.1, 0.15) is 26.3 Å². The summed E-state index contributed by atoms with van der Waals surface area (Å²) in [5, 5.41) is 3.01. The minimum Gasteiger partial charge on any atom is -0.491 e. The maximum Gasteiger partial charge on any atom is 0.234 e. The van der Waals surface area contributed by atoms with Crippen molar-refractivity contribution in [2.45, 2.75) is 39.5 Å². The fourth-order valence-corrected chi connectivity index (χ4v) is 2.85. The van der Waals surface area contributed by atoms with E-state index in [1.165, 1.54) is 0 Å². The van der Waals surface area contributed by atoms with Gasteiger partial charge in [-0.25, -0.2) is 0 Å². The van der Waals surface area contributed by atoms with E-state index in [0.717, 1.165) is 30.9 Å². The van der Waals surface area contributed by atoms with Gasteiger partial charge in [-0.3, -0.25) is 9.69 Å². The van der Waals surface area contributed by atoms with Crippen molar-refractivity contribution in [3.63, 3.8) is 0 Å². The molecular weight excluding hydrogens is 290 g/mol. The van der Waals surface area contributed by atoms with E-state index in [1.54, 1.807) is 0 Å². The average molecular weight is 319 g/mol. The number of nitrogens with one attached hydrogen (secondary N) is 1. The predicted octanol–water partition coefficient (Wildman–Crippen LogP) is 1.73. The van der Waals surface area contributed by atoms with Gasteiger partial charge in [-0.2, -0.15) is 0 Å². The quantitative estimate of drug-likeness (QED) is 0.867. The van der Waals surface area contributed by atoms with Crippen molar-refractivity contribution in [1.82, 2.24) is 15.1 Å². The van der Waals surface area contributed by atoms with E-state index >= 15 is 0 Å². The smallest absolute Gasteiger partial charge is 0.234 e. The zero-order chi connectivity index (χ0) is 16.8. The lowest BCUT2D eigenvalue weighted by Gasteiger charge is -2.37. The highest BCUT2D eigenvalue weighted by Crippen LogP contribution is 2.15. The van der Waals surface area contributed by atoms with Gasteiger partial charge in [0, 0.05) is 32.2 Å². The van der Waals surface area contributed by atoms with E-state index < -0.39 is 0 Å². The number of benzene rings is 1. The van der Waals surface area contributed by atoms with Crippen LogP contribution in [0.4, 0.5) is 0 Å². The highest BCUT2D eigenvalue weighted by atomic mass is 16.5. The van der Waals surface area contributed by atoms with Crippen molar-refractivity contribution in [1.29, 1.82) is 0 Å². The number of carbonyl (C=O) groups is 1. The second-order valence-corrected chi connectivity index (χ2v) is 6.67. The number of likely N-dealkylation sites (N-methyl/N-ethyl adjacent to an activating group) is 1. The molecule has 1 aromatic carbocycles. The molecule has 0 radical (unpaired) electrons. The highest BCUT2D eigenvalue weighted by molar-refractivity contribution is 5.78. The molecule has 23 heavy (non-hydrogen) atoms. The molecule has 0 aromatic heterocycles. The summed E-state index contributed by atoms with van der Waals surface area (Å²) >= 11 is 0. The third-order valence-electron chi connectivity index (χ3n) is 4.07. The molecule has 0 aliphatic carbocycles. The number of hydrogen-bond donors (Lipinski definition) is 1. The summed E-state index contributed by atoms with van der Waals surface area (Å²) in [5.41, 5.74) is 1.06. The van der Waals surface area contributed by atoms with Crippen LogP contribution >= 0.6 is 0 Å². The Morgan fingerprint density at radius 2 is 2.17 bits per heavy atom. The number of piperazine rings is 1. The molecule has 0 saturated carbocycles. The van der Waals surface area contributed by atoms with Crippen LogP contribution in [0.2, 0.25) is 0 Å². The molecular formula is C18H29N3O2. The lowest BCUT2D eigenvalue weighted by molar-refractivity contribution is -0.123. The zero-order valence-corrected chi connectivity index (χ0v) is 14.7. The Balaban J connectivity index is 1.80. The molecule has 5 nitrogen and oxygen atoms in total. The minimum atomic E-state index is 0.0802. The van der Waals surface area contributed by atoms with Crippen molar-refractivity contribution in [3.05, 3.63) is 29.8 Å². The summed E-state index contributed by atoms with van der Waals surface area (Å²) in [7, 11) is 2.13. The van der Waals surface area contributed by atoms with Crippen molar-refractivity contribution >= 4 is 5.91 Å². The third kappa shape index (κ3) is 5.84. The van der Waals surface area contributed by atoms with E-state index in [1.807, 2.05) is 38.1 Å². The highest BCUT2D eigenvalue weighted by Gasteiger charge is 2.22. The summed E-state index contributed by atoms with van der Waals surface area (Å²) < 4.78 is 5.68. The van der Waals surface area contributed by atoms with Crippen LogP contribution < -0.4 is 10.1 Å². The fraction of sp³-hybridized carbons (Fsp3) is 0.611. The first-order valence-corrected chi connectivity index (χ1v) is 8.39. The van der Waals surface area contributed by atoms with E-state index in [-0.39, 0.29) is 12.0 Å². The molecule has 128 valence electrons. The minimum absolute atomic E-state index is 0.0802. The summed E-state index contributed by atoms with van der Waals surface area (Å²) in [6.07, 6.45) is 0.151. The molecule has 1 aliphatic rings. The molecule has 1 aromatic rings. The first-order valence-electron chi connectivity index (χ1n) is 8.39. The van der Waals surface area contributed by atoms with Crippen LogP contribution in [0.3, 0.4) is 0 Å². The normalized spacial score (nSPS) is 19.8. The summed E-state index contributed by atoms with van der Waals surface area (Å²) in [4.78, 5) is 16.7. The summed E-state index contributed by atoms with van der Waals surface area (Å²) in [5.74, 6) is 0.927. The zero-order valence-electron chi connectivity index (χ0n) is 14.7. The summed E-state index contributed by atoms with van der Waals surface area (Å²) in [6, 6.07) is 8.31. The molecule has 0 bridgehead atoms. The monoisotopic (exact) mass is 319 g/mol. The van der Waals surface area contributed by atoms with Gasteiger partial charge < -0.3 is 15.0 Å². The first kappa shape index (κ1) is 17.8. The number of carbonyl (C=O) groups excluding carboxylic acids is 1. The molecule has 2 rings (SSSR count). The first-order chi connectivity index (χ1) is 10.9. The maximum absolute atomic E-state index is 12.2. The number of ether oxygens (including phenoxy) is 1. The lowest BCUT2D eigenvalue weighted by Crippen LogP contribution is -2.53. The molecule has 1 aliphatic heterocycles. The number of nitrogens with zero attached hydrogens (tertiary/aromatic N) is 2. The van der Waals surface area contributed by atoms with E-state index in [2.05, 4.69) is 29.1 Å². The third-order valence-corrected chi connectivity index (χ3v) is 4.07. The maximum atomic E-state index is 12.2. The van der Waals surface area contributed by atoms with Crippen LogP contribution in [0.5, 0.6) is 5.75 Å². The number of hydrogen-bond acceptors (Lipinski definition) is 4. The molecule has 1 heterocycles. The van der Waals surface area contributed by atoms with Crippen LogP contribution in [-0.2, 0) is 11.3 Å². The second-order valence-electron chi connectivity index (χ2n) is 6.67. The van der Waals surface area contributed by atoms with Gasteiger partial charge in [0.2, 0.25) is 5.91 Å². The van der Waals surface area contributed by atoms with E-state index in [9.17, 15) is 4.79 Å². The van der Waals surface area contributed by atoms with Gasteiger partial charge >= 0.3 is 0 Å². The van der Waals surface area contributed by atoms with Crippen molar-refractivity contribution in [2.24, 2.45) is 0 Å². The number of amides is 1. The van der Waals surface area contributed by atoms with Gasteiger partial charge in [0.1, 0.15) is 5.75 Å². The molecule has 5 heteroatoms. The van der Waals surface area contributed by atoms with E-state index in [0.29, 0.717) is 19.1 Å². The Kier molecular flexibility index (Phi) is 6.42. The predicted molar refractivity (Wildman–Crippen MR) is 92.6 cm³/mol. The molecule has 1 atom stereocenters. The van der Waals surface area contributed by atoms with Crippen molar-refractivity contribution < 1.29 is 9.53 Å². The lowest BCUT2D eigenvalue weighted by atomic mass is 10.2. The number of rotatable bonds is 6. The SMILES string of the molecule is CC(C)Oc1cccc(CNC(=O)CN2CCN(C)C[C@H]2C)c1. The fourth-order valence-electron chi connectivity index (χ4n) is 2.85. The Bertz CT molecular complexity index is 519. The average Bonchev–Trinajstić information content (AvgIpc) is 2.48. The Morgan fingerprint density at radius 3 is 2.87 bits per heavy atom. The van der Waals surface area contributed by atoms with Gasteiger partial charge in [-0.1, -0.05) is 12.1 Å². The molecule has 1 fully saturated rings. The summed E-state index contributed by atoms with van der Waals surface area (Å²) in [6.45, 7) is 10.2. The standard InChI is InChI=1S/C18H29N3O2/c1-14(2)23-17-7-5-6-16(10-17)11-19-18(22)13-21-9-8-20(4)12-15(21)3/h5-7,10,14-15H,8-9,11-13H2,1-4H3,(H,19,22)/t15-/m1/s1. The van der Waals surface area contributed by atoms with Crippen molar-refractivity contribution in [2.75, 3.05) is 33.2 Å². The molecule has 0 spiro atoms. The Labute approximate surface area is 139 Å². The topological polar surface area (TPSA) is 44.8 Å². The van der Waals surface area contributed by atoms with Gasteiger partial charge in [0.25, 0.3) is 0 Å². The van der Waals surface area contributed by atoms with Crippen LogP contribution in [0.15, 0.2) is 24.3 Å². The van der Waals surface area contributed by atoms with Crippen molar-refractivity contribution in [3.8, 4) is 5.75 Å². The van der Waals surface area contributed by atoms with Crippen LogP contribution in [0.25, 0.3) is 0 Å². The molecule has 1 amide bonds. The van der Waals surface area contributed by atoms with Gasteiger partial charge in [-0.05, 0) is 45.5 Å². The molecule has 1 saturated heterocycles. The Morgan fingerprint density at radius 1 is 1.39 bits per heavy atom. The molecule has 1 N–H and O–H groups in total. The second kappa shape index (κ2) is 8.31. The molecule has 0 unspecified atom stereocenters. The van der Waals surface area contributed by atoms with Gasteiger partial charge in [-0.15, -0.1) is 0 Å².